The molecule has 1 aromatic rings. The van der Waals surface area contributed by atoms with E-state index in [2.05, 4.69) is 31.2 Å². The first-order valence-electron chi connectivity index (χ1n) is 5.57. The van der Waals surface area contributed by atoms with Crippen LogP contribution < -0.4 is 4.74 Å². The molecule has 14 heavy (non-hydrogen) atoms. The van der Waals surface area contributed by atoms with E-state index in [-0.39, 0.29) is 0 Å². The molecular formula is C13H16O. The van der Waals surface area contributed by atoms with E-state index < -0.39 is 0 Å². The molecule has 0 spiro atoms. The van der Waals surface area contributed by atoms with Crippen molar-refractivity contribution < 1.29 is 4.74 Å². The van der Waals surface area contributed by atoms with E-state index in [1.807, 2.05) is 0 Å². The van der Waals surface area contributed by atoms with E-state index in [0.717, 1.165) is 5.75 Å². The molecule has 1 aromatic carbocycles. The molecule has 1 heterocycles. The molecule has 1 fully saturated rings. The molecule has 0 bridgehead atoms. The summed E-state index contributed by atoms with van der Waals surface area (Å²) in [4.78, 5) is 0. The highest BCUT2D eigenvalue weighted by Crippen LogP contribution is 2.49. The lowest BCUT2D eigenvalue weighted by molar-refractivity contribution is 0.111. The quantitative estimate of drug-likeness (QED) is 0.607. The Morgan fingerprint density at radius 1 is 1.29 bits per heavy atom. The van der Waals surface area contributed by atoms with Crippen molar-refractivity contribution in [1.82, 2.24) is 0 Å². The standard InChI is InChI=1S/C13H16O/c1-13-9-5-4-8-12(13)14-11-7-3-2-6-10(11)13/h2-3,6-7,12H,4-5,8-9H2,1H3/t12-,13-/m1/s1. The van der Waals surface area contributed by atoms with Crippen molar-refractivity contribution in [3.8, 4) is 5.75 Å². The largest absolute Gasteiger partial charge is 0.489 e. The van der Waals surface area contributed by atoms with Crippen LogP contribution >= 0.6 is 0 Å². The Labute approximate surface area is 85.1 Å². The Kier molecular flexibility index (Phi) is 1.64. The molecule has 74 valence electrons. The average Bonchev–Trinajstić information content (AvgIpc) is 2.51. The van der Waals surface area contributed by atoms with Crippen LogP contribution in [-0.4, -0.2) is 6.10 Å². The smallest absolute Gasteiger partial charge is 0.123 e. The van der Waals surface area contributed by atoms with Crippen LogP contribution in [0.4, 0.5) is 0 Å². The van der Waals surface area contributed by atoms with Crippen LogP contribution in [0.2, 0.25) is 0 Å². The maximum atomic E-state index is 6.01. The van der Waals surface area contributed by atoms with Crippen molar-refractivity contribution in [1.29, 1.82) is 0 Å². The molecule has 0 saturated heterocycles. The van der Waals surface area contributed by atoms with E-state index in [1.165, 1.54) is 31.2 Å². The van der Waals surface area contributed by atoms with Gasteiger partial charge in [0.15, 0.2) is 0 Å². The summed E-state index contributed by atoms with van der Waals surface area (Å²) in [6, 6.07) is 8.55. The molecule has 1 aliphatic carbocycles. The molecule has 1 nitrogen and oxygen atoms in total. The number of fused-ring (bicyclic) bond motifs is 3. The number of rotatable bonds is 0. The topological polar surface area (TPSA) is 9.23 Å². The molecule has 0 amide bonds. The Hall–Kier alpha value is -0.980. The molecule has 0 unspecified atom stereocenters. The molecule has 0 N–H and O–H groups in total. The number of hydrogen-bond donors (Lipinski definition) is 0. The molecule has 0 radical (unpaired) electrons. The predicted molar refractivity (Wildman–Crippen MR) is 56.7 cm³/mol. The number of benzene rings is 1. The summed E-state index contributed by atoms with van der Waals surface area (Å²) < 4.78 is 6.01. The van der Waals surface area contributed by atoms with Gasteiger partial charge in [0, 0.05) is 11.0 Å². The van der Waals surface area contributed by atoms with Gasteiger partial charge < -0.3 is 4.74 Å². The highest BCUT2D eigenvalue weighted by atomic mass is 16.5. The first-order valence-corrected chi connectivity index (χ1v) is 5.57. The minimum absolute atomic E-state index is 0.300. The van der Waals surface area contributed by atoms with Gasteiger partial charge in [0.25, 0.3) is 0 Å². The molecule has 0 aromatic heterocycles. The van der Waals surface area contributed by atoms with Crippen LogP contribution in [0, 0.1) is 0 Å². The van der Waals surface area contributed by atoms with Gasteiger partial charge in [-0.25, -0.2) is 0 Å². The summed E-state index contributed by atoms with van der Waals surface area (Å²) in [6.07, 6.45) is 5.63. The fourth-order valence-electron chi connectivity index (χ4n) is 2.99. The van der Waals surface area contributed by atoms with E-state index in [0.29, 0.717) is 11.5 Å². The van der Waals surface area contributed by atoms with Gasteiger partial charge in [-0.05, 0) is 25.3 Å². The van der Waals surface area contributed by atoms with Crippen LogP contribution in [0.15, 0.2) is 24.3 Å². The van der Waals surface area contributed by atoms with E-state index in [9.17, 15) is 0 Å². The van der Waals surface area contributed by atoms with Gasteiger partial charge in [-0.3, -0.25) is 0 Å². The molecule has 3 rings (SSSR count). The molecule has 1 aliphatic heterocycles. The van der Waals surface area contributed by atoms with Crippen molar-refractivity contribution in [2.75, 3.05) is 0 Å². The zero-order valence-corrected chi connectivity index (χ0v) is 8.62. The average molecular weight is 188 g/mol. The molecule has 2 aliphatic rings. The van der Waals surface area contributed by atoms with Crippen molar-refractivity contribution in [3.63, 3.8) is 0 Å². The first-order chi connectivity index (χ1) is 6.81. The fourth-order valence-corrected chi connectivity index (χ4v) is 2.99. The lowest BCUT2D eigenvalue weighted by Gasteiger charge is -2.34. The minimum atomic E-state index is 0.300. The summed E-state index contributed by atoms with van der Waals surface area (Å²) in [5.41, 5.74) is 1.74. The summed E-state index contributed by atoms with van der Waals surface area (Å²) >= 11 is 0. The summed E-state index contributed by atoms with van der Waals surface area (Å²) in [7, 11) is 0. The third kappa shape index (κ3) is 0.956. The zero-order chi connectivity index (χ0) is 9.60. The second-order valence-electron chi connectivity index (χ2n) is 4.77. The zero-order valence-electron chi connectivity index (χ0n) is 8.62. The van der Waals surface area contributed by atoms with Gasteiger partial charge in [0.1, 0.15) is 11.9 Å². The van der Waals surface area contributed by atoms with Crippen LogP contribution in [0.5, 0.6) is 5.75 Å². The van der Waals surface area contributed by atoms with E-state index >= 15 is 0 Å². The van der Waals surface area contributed by atoms with Gasteiger partial charge in [0.05, 0.1) is 0 Å². The van der Waals surface area contributed by atoms with E-state index in [4.69, 9.17) is 4.74 Å². The van der Waals surface area contributed by atoms with Crippen molar-refractivity contribution in [3.05, 3.63) is 29.8 Å². The Bertz CT molecular complexity index is 358. The number of ether oxygens (including phenoxy) is 1. The second-order valence-corrected chi connectivity index (χ2v) is 4.77. The molecule has 2 atom stereocenters. The van der Waals surface area contributed by atoms with Gasteiger partial charge in [-0.2, -0.15) is 0 Å². The maximum Gasteiger partial charge on any atom is 0.123 e. The van der Waals surface area contributed by atoms with Gasteiger partial charge in [-0.15, -0.1) is 0 Å². The fraction of sp³-hybridized carbons (Fsp3) is 0.538. The van der Waals surface area contributed by atoms with Crippen LogP contribution in [0.3, 0.4) is 0 Å². The van der Waals surface area contributed by atoms with E-state index in [1.54, 1.807) is 0 Å². The summed E-state index contributed by atoms with van der Waals surface area (Å²) in [6.45, 7) is 2.36. The predicted octanol–water partition coefficient (Wildman–Crippen LogP) is 3.28. The first kappa shape index (κ1) is 8.34. The van der Waals surface area contributed by atoms with Crippen LogP contribution in [-0.2, 0) is 5.41 Å². The third-order valence-electron chi connectivity index (χ3n) is 3.89. The summed E-state index contributed by atoms with van der Waals surface area (Å²) in [5.74, 6) is 1.13. The molecule has 1 heteroatoms. The Morgan fingerprint density at radius 3 is 3.07 bits per heavy atom. The second kappa shape index (κ2) is 2.75. The van der Waals surface area contributed by atoms with Gasteiger partial charge in [-0.1, -0.05) is 31.5 Å². The van der Waals surface area contributed by atoms with Gasteiger partial charge >= 0.3 is 0 Å². The Morgan fingerprint density at radius 2 is 2.14 bits per heavy atom. The van der Waals surface area contributed by atoms with Crippen LogP contribution in [0.1, 0.15) is 38.2 Å². The number of hydrogen-bond acceptors (Lipinski definition) is 1. The normalized spacial score (nSPS) is 34.5. The number of para-hydroxylation sites is 1. The molecule has 1 saturated carbocycles. The SMILES string of the molecule is C[C@]12CCCC[C@H]1Oc1ccccc12. The maximum absolute atomic E-state index is 6.01. The lowest BCUT2D eigenvalue weighted by Crippen LogP contribution is -2.37. The lowest BCUT2D eigenvalue weighted by atomic mass is 9.70. The third-order valence-corrected chi connectivity index (χ3v) is 3.89. The Balaban J connectivity index is 2.10. The van der Waals surface area contributed by atoms with Crippen molar-refractivity contribution in [2.24, 2.45) is 0 Å². The minimum Gasteiger partial charge on any atom is -0.489 e. The molecular weight excluding hydrogens is 172 g/mol. The van der Waals surface area contributed by atoms with Gasteiger partial charge in [0.2, 0.25) is 0 Å². The van der Waals surface area contributed by atoms with Crippen LogP contribution in [0.25, 0.3) is 0 Å². The monoisotopic (exact) mass is 188 g/mol. The summed E-state index contributed by atoms with van der Waals surface area (Å²) in [5, 5.41) is 0. The van der Waals surface area contributed by atoms with Crippen molar-refractivity contribution >= 4 is 0 Å². The highest BCUT2D eigenvalue weighted by molar-refractivity contribution is 5.44. The highest BCUT2D eigenvalue weighted by Gasteiger charge is 2.45. The van der Waals surface area contributed by atoms with Crippen molar-refractivity contribution in [2.45, 2.75) is 44.1 Å².